The zero-order valence-corrected chi connectivity index (χ0v) is 27.1. The molecule has 0 spiro atoms. The summed E-state index contributed by atoms with van der Waals surface area (Å²) in [6.07, 6.45) is 4.63. The number of piperidine rings is 1. The summed E-state index contributed by atoms with van der Waals surface area (Å²) in [5.41, 5.74) is 3.88. The van der Waals surface area contributed by atoms with Gasteiger partial charge in [0.15, 0.2) is 5.78 Å². The Hall–Kier alpha value is -4.10. The van der Waals surface area contributed by atoms with Gasteiger partial charge in [-0.1, -0.05) is 6.07 Å². The second-order valence-corrected chi connectivity index (χ2v) is 12.8. The van der Waals surface area contributed by atoms with E-state index < -0.39 is 12.7 Å². The fourth-order valence-corrected chi connectivity index (χ4v) is 6.83. The van der Waals surface area contributed by atoms with E-state index in [1.807, 2.05) is 39.0 Å². The first-order valence-electron chi connectivity index (χ1n) is 14.8. The van der Waals surface area contributed by atoms with E-state index in [2.05, 4.69) is 46.6 Å². The molecule has 2 fully saturated rings. The van der Waals surface area contributed by atoms with Crippen molar-refractivity contribution in [3.63, 3.8) is 0 Å². The first-order chi connectivity index (χ1) is 21.5. The number of pyridine rings is 1. The van der Waals surface area contributed by atoms with Crippen LogP contribution in [0, 0.1) is 26.2 Å². The van der Waals surface area contributed by atoms with Gasteiger partial charge in [-0.2, -0.15) is 5.10 Å². The number of likely N-dealkylation sites (tertiary alicyclic amines) is 1. The molecule has 2 aliphatic rings. The van der Waals surface area contributed by atoms with Crippen LogP contribution in [0.3, 0.4) is 0 Å². The summed E-state index contributed by atoms with van der Waals surface area (Å²) in [5, 5.41) is 11.3. The van der Waals surface area contributed by atoms with Crippen LogP contribution in [0.2, 0.25) is 0 Å². The van der Waals surface area contributed by atoms with Gasteiger partial charge in [-0.15, -0.1) is 0 Å². The van der Waals surface area contributed by atoms with Crippen LogP contribution in [-0.4, -0.2) is 79.1 Å². The third-order valence-electron chi connectivity index (χ3n) is 8.83. The van der Waals surface area contributed by atoms with E-state index in [-0.39, 0.29) is 47.8 Å². The van der Waals surface area contributed by atoms with Crippen molar-refractivity contribution in [1.82, 2.24) is 34.9 Å². The van der Waals surface area contributed by atoms with Gasteiger partial charge in [-0.25, -0.2) is 19.3 Å². The molecule has 1 aliphatic carbocycles. The minimum Gasteiger partial charge on any atom is -0.325 e. The number of aryl methyl sites for hydroxylation is 3. The van der Waals surface area contributed by atoms with Crippen LogP contribution >= 0.6 is 15.9 Å². The lowest BCUT2D eigenvalue weighted by atomic mass is 9.99. The summed E-state index contributed by atoms with van der Waals surface area (Å²) in [7, 11) is 0. The topological polar surface area (TPSA) is 135 Å². The van der Waals surface area contributed by atoms with E-state index in [1.54, 1.807) is 28.0 Å². The molecule has 1 unspecified atom stereocenters. The number of carbonyl (C=O) groups is 3. The van der Waals surface area contributed by atoms with Crippen molar-refractivity contribution < 1.29 is 18.8 Å². The van der Waals surface area contributed by atoms with Crippen LogP contribution in [0.1, 0.15) is 47.2 Å². The van der Waals surface area contributed by atoms with Crippen LogP contribution in [0.25, 0.3) is 22.0 Å². The maximum Gasteiger partial charge on any atom is 0.248 e. The zero-order chi connectivity index (χ0) is 32.0. The molecule has 1 saturated heterocycles. The number of fused-ring (bicyclic) bond motifs is 2. The van der Waals surface area contributed by atoms with E-state index in [1.165, 1.54) is 6.92 Å². The Morgan fingerprint density at radius 2 is 1.82 bits per heavy atom. The Morgan fingerprint density at radius 1 is 1.07 bits per heavy atom. The second-order valence-electron chi connectivity index (χ2n) is 12.0. The number of benzene rings is 1. The number of rotatable bonds is 10. The Morgan fingerprint density at radius 3 is 2.53 bits per heavy atom. The van der Waals surface area contributed by atoms with Crippen molar-refractivity contribution in [1.29, 1.82) is 0 Å². The van der Waals surface area contributed by atoms with E-state index in [4.69, 9.17) is 0 Å². The van der Waals surface area contributed by atoms with E-state index in [0.29, 0.717) is 40.1 Å². The molecule has 4 aromatic rings. The molecule has 234 valence electrons. The number of Topliss-reactive ketones (excluding diaryl/α,β-unsaturated/α-hetero) is 1. The van der Waals surface area contributed by atoms with E-state index in [9.17, 15) is 18.8 Å². The van der Waals surface area contributed by atoms with Gasteiger partial charge in [0, 0.05) is 54.8 Å². The van der Waals surface area contributed by atoms with E-state index >= 15 is 0 Å². The molecule has 2 amide bonds. The molecule has 11 nitrogen and oxygen atoms in total. The SMILES string of the molecule is CC(=O)c1nn(CC(=O)N2C3C[C@]3(CNCCF)C[C@H]2C(=O)Nc2nc(Br)ccc2C)c2c(C)cc(-c3cnc(C)nc3)cc12. The number of carbonyl (C=O) groups excluding carboxylic acids is 3. The molecule has 1 aromatic carbocycles. The average Bonchev–Trinajstić information content (AvgIpc) is 3.40. The smallest absolute Gasteiger partial charge is 0.248 e. The molecule has 4 heterocycles. The molecule has 6 rings (SSSR count). The minimum atomic E-state index is -0.744. The highest BCUT2D eigenvalue weighted by Crippen LogP contribution is 2.59. The van der Waals surface area contributed by atoms with Crippen LogP contribution < -0.4 is 10.6 Å². The van der Waals surface area contributed by atoms with Gasteiger partial charge in [0.25, 0.3) is 0 Å². The quantitative estimate of drug-likeness (QED) is 0.144. The zero-order valence-electron chi connectivity index (χ0n) is 25.5. The van der Waals surface area contributed by atoms with Crippen LogP contribution in [0.15, 0.2) is 41.3 Å². The van der Waals surface area contributed by atoms with Crippen molar-refractivity contribution in [3.05, 3.63) is 63.9 Å². The Labute approximate surface area is 268 Å². The lowest BCUT2D eigenvalue weighted by molar-refractivity contribution is -0.138. The molecule has 3 atom stereocenters. The summed E-state index contributed by atoms with van der Waals surface area (Å²) < 4.78 is 15.0. The number of amides is 2. The molecule has 1 saturated carbocycles. The van der Waals surface area contributed by atoms with Crippen molar-refractivity contribution >= 4 is 50.2 Å². The highest BCUT2D eigenvalue weighted by Gasteiger charge is 2.66. The molecular formula is C32H34BrFN8O3. The number of halogens is 2. The summed E-state index contributed by atoms with van der Waals surface area (Å²) in [4.78, 5) is 55.2. The van der Waals surface area contributed by atoms with Crippen LogP contribution in [-0.2, 0) is 16.1 Å². The third kappa shape index (κ3) is 5.86. The summed E-state index contributed by atoms with van der Waals surface area (Å²) in [5.74, 6) is 0.242. The van der Waals surface area contributed by atoms with Crippen molar-refractivity contribution in [2.24, 2.45) is 5.41 Å². The standard InChI is InChI=1S/C32H34BrFN8O3/c1-17-5-6-26(33)38-30(17)39-31(45)24-11-32(16-35-8-7-34)12-25(32)42(24)27(44)15-41-29-18(2)9-21(22-13-36-20(4)37-14-22)10-23(29)28(40-41)19(3)43/h5-6,9-10,13-14,24-25,35H,7-8,11-12,15-16H2,1-4H3,(H,38,39,45)/t24-,25?,32-/m0/s1. The van der Waals surface area contributed by atoms with Crippen LogP contribution in [0.5, 0.6) is 0 Å². The third-order valence-corrected chi connectivity index (χ3v) is 9.27. The average molecular weight is 678 g/mol. The number of ketones is 1. The number of hydrogen-bond donors (Lipinski definition) is 2. The Bertz CT molecular complexity index is 1830. The second kappa shape index (κ2) is 12.0. The predicted octanol–water partition coefficient (Wildman–Crippen LogP) is 4.34. The van der Waals surface area contributed by atoms with Gasteiger partial charge in [0.1, 0.15) is 41.2 Å². The Kier molecular flexibility index (Phi) is 8.25. The van der Waals surface area contributed by atoms with Gasteiger partial charge >= 0.3 is 0 Å². The molecular weight excluding hydrogens is 643 g/mol. The maximum atomic E-state index is 14.1. The van der Waals surface area contributed by atoms with E-state index in [0.717, 1.165) is 28.7 Å². The maximum absolute atomic E-state index is 14.1. The number of alkyl halides is 1. The van der Waals surface area contributed by atoms with Gasteiger partial charge in [-0.3, -0.25) is 19.1 Å². The molecule has 45 heavy (non-hydrogen) atoms. The van der Waals surface area contributed by atoms with Crippen molar-refractivity contribution in [2.75, 3.05) is 25.1 Å². The number of nitrogens with one attached hydrogen (secondary N) is 2. The van der Waals surface area contributed by atoms with Gasteiger partial charge in [-0.05, 0) is 84.4 Å². The van der Waals surface area contributed by atoms with Gasteiger partial charge < -0.3 is 15.5 Å². The summed E-state index contributed by atoms with van der Waals surface area (Å²) in [6.45, 7) is 7.09. The summed E-state index contributed by atoms with van der Waals surface area (Å²) in [6, 6.07) is 6.56. The lowest BCUT2D eigenvalue weighted by Gasteiger charge is -2.27. The molecule has 0 bridgehead atoms. The van der Waals surface area contributed by atoms with Crippen molar-refractivity contribution in [3.8, 4) is 11.1 Å². The van der Waals surface area contributed by atoms with Gasteiger partial charge in [0.2, 0.25) is 11.8 Å². The highest BCUT2D eigenvalue weighted by molar-refractivity contribution is 9.10. The molecule has 0 radical (unpaired) electrons. The molecule has 3 aromatic heterocycles. The predicted molar refractivity (Wildman–Crippen MR) is 170 cm³/mol. The summed E-state index contributed by atoms with van der Waals surface area (Å²) >= 11 is 3.35. The molecule has 1 aliphatic heterocycles. The number of aromatic nitrogens is 5. The van der Waals surface area contributed by atoms with Crippen LogP contribution in [0.4, 0.5) is 10.2 Å². The van der Waals surface area contributed by atoms with Gasteiger partial charge in [0.05, 0.1) is 5.52 Å². The highest BCUT2D eigenvalue weighted by atomic mass is 79.9. The number of anilines is 1. The monoisotopic (exact) mass is 676 g/mol. The Balaban J connectivity index is 1.32. The fourth-order valence-electron chi connectivity index (χ4n) is 6.52. The number of nitrogens with zero attached hydrogens (tertiary/aromatic N) is 6. The normalized spacial score (nSPS) is 20.4. The molecule has 13 heteroatoms. The first-order valence-corrected chi connectivity index (χ1v) is 15.6. The molecule has 2 N–H and O–H groups in total. The van der Waals surface area contributed by atoms with Crippen molar-refractivity contribution in [2.45, 2.75) is 59.2 Å². The first kappa shape index (κ1) is 30.9. The minimum absolute atomic E-state index is 0.153. The lowest BCUT2D eigenvalue weighted by Crippen LogP contribution is -2.47. The fraction of sp³-hybridized carbons (Fsp3) is 0.406. The number of hydrogen-bond acceptors (Lipinski definition) is 8. The largest absolute Gasteiger partial charge is 0.325 e.